The molecule has 0 saturated carbocycles. The van der Waals surface area contributed by atoms with Gasteiger partial charge in [-0.25, -0.2) is 0 Å². The molecule has 1 amide bonds. The summed E-state index contributed by atoms with van der Waals surface area (Å²) in [6, 6.07) is 8.40. The van der Waals surface area contributed by atoms with E-state index in [9.17, 15) is 4.79 Å². The third-order valence-electron chi connectivity index (χ3n) is 3.87. The Labute approximate surface area is 120 Å². The minimum atomic E-state index is -0.316. The van der Waals surface area contributed by atoms with Crippen LogP contribution in [0.2, 0.25) is 0 Å². The Hall–Kier alpha value is -1.39. The van der Waals surface area contributed by atoms with E-state index in [1.54, 1.807) is 4.90 Å². The average Bonchev–Trinajstić information content (AvgIpc) is 2.96. The molecule has 20 heavy (non-hydrogen) atoms. The number of carbonyl (C=O) groups excluding carboxylic acids is 1. The molecule has 0 radical (unpaired) electrons. The summed E-state index contributed by atoms with van der Waals surface area (Å²) >= 11 is 0. The fourth-order valence-corrected chi connectivity index (χ4v) is 2.54. The van der Waals surface area contributed by atoms with Gasteiger partial charge in [-0.05, 0) is 30.4 Å². The molecular formula is C16H24N2O2. The van der Waals surface area contributed by atoms with Crippen LogP contribution in [0.4, 0.5) is 0 Å². The molecule has 2 rings (SSSR count). The van der Waals surface area contributed by atoms with E-state index in [4.69, 9.17) is 10.5 Å². The van der Waals surface area contributed by atoms with E-state index < -0.39 is 0 Å². The van der Waals surface area contributed by atoms with Gasteiger partial charge in [0.25, 0.3) is 5.91 Å². The predicted octanol–water partition coefficient (Wildman–Crippen LogP) is 1.71. The van der Waals surface area contributed by atoms with Gasteiger partial charge >= 0.3 is 0 Å². The Balaban J connectivity index is 1.90. The molecule has 0 spiro atoms. The lowest BCUT2D eigenvalue weighted by Gasteiger charge is -2.21. The Bertz CT molecular complexity index is 444. The van der Waals surface area contributed by atoms with Crippen LogP contribution in [-0.2, 0) is 22.5 Å². The van der Waals surface area contributed by atoms with Crippen LogP contribution in [-0.4, -0.2) is 36.6 Å². The van der Waals surface area contributed by atoms with Crippen LogP contribution in [0.3, 0.4) is 0 Å². The third kappa shape index (κ3) is 3.58. The van der Waals surface area contributed by atoms with Crippen LogP contribution in [0, 0.1) is 0 Å². The van der Waals surface area contributed by atoms with E-state index in [1.165, 1.54) is 5.56 Å². The first-order valence-electron chi connectivity index (χ1n) is 7.32. The highest BCUT2D eigenvalue weighted by Gasteiger charge is 2.31. The number of hydrogen-bond donors (Lipinski definition) is 1. The van der Waals surface area contributed by atoms with Crippen LogP contribution in [0.25, 0.3) is 0 Å². The van der Waals surface area contributed by atoms with Crippen molar-refractivity contribution in [3.8, 4) is 0 Å². The first-order chi connectivity index (χ1) is 9.63. The minimum Gasteiger partial charge on any atom is -0.364 e. The standard InChI is InChI=1S/C16H24N2O2/c1-3-12-4-6-13(7-5-12)11-18(2)16(19)15-9-8-14(10-17)20-15/h4-7,14-15H,3,8-11,17H2,1-2H3/t14-,15+/m1/s1. The molecule has 1 aromatic carbocycles. The van der Waals surface area contributed by atoms with Gasteiger partial charge in [0.05, 0.1) is 6.10 Å². The molecule has 1 aliphatic heterocycles. The molecule has 0 unspecified atom stereocenters. The molecule has 1 heterocycles. The number of nitrogens with two attached hydrogens (primary N) is 1. The fourth-order valence-electron chi connectivity index (χ4n) is 2.54. The molecule has 2 atom stereocenters. The summed E-state index contributed by atoms with van der Waals surface area (Å²) in [5.41, 5.74) is 8.03. The second kappa shape index (κ2) is 6.86. The van der Waals surface area contributed by atoms with Crippen LogP contribution < -0.4 is 5.73 Å². The summed E-state index contributed by atoms with van der Waals surface area (Å²) in [5, 5.41) is 0. The molecule has 1 aliphatic rings. The van der Waals surface area contributed by atoms with Gasteiger partial charge in [0.2, 0.25) is 0 Å². The molecule has 1 fully saturated rings. The average molecular weight is 276 g/mol. The lowest BCUT2D eigenvalue weighted by atomic mass is 10.1. The highest BCUT2D eigenvalue weighted by atomic mass is 16.5. The van der Waals surface area contributed by atoms with Crippen LogP contribution in [0.1, 0.15) is 30.9 Å². The van der Waals surface area contributed by atoms with E-state index in [2.05, 4.69) is 31.2 Å². The van der Waals surface area contributed by atoms with Crippen LogP contribution in [0.5, 0.6) is 0 Å². The zero-order valence-electron chi connectivity index (χ0n) is 12.3. The normalized spacial score (nSPS) is 21.9. The van der Waals surface area contributed by atoms with Crippen molar-refractivity contribution >= 4 is 5.91 Å². The molecule has 0 bridgehead atoms. The van der Waals surface area contributed by atoms with Gasteiger partial charge in [-0.15, -0.1) is 0 Å². The van der Waals surface area contributed by atoms with Gasteiger partial charge in [-0.3, -0.25) is 4.79 Å². The maximum Gasteiger partial charge on any atom is 0.251 e. The van der Waals surface area contributed by atoms with Crippen molar-refractivity contribution in [2.75, 3.05) is 13.6 Å². The smallest absolute Gasteiger partial charge is 0.251 e. The van der Waals surface area contributed by atoms with Gasteiger partial charge in [0, 0.05) is 20.1 Å². The SMILES string of the molecule is CCc1ccc(CN(C)C(=O)[C@@H]2CC[C@H](CN)O2)cc1. The van der Waals surface area contributed by atoms with E-state index in [0.717, 1.165) is 24.8 Å². The lowest BCUT2D eigenvalue weighted by molar-refractivity contribution is -0.141. The molecule has 2 N–H and O–H groups in total. The van der Waals surface area contributed by atoms with Gasteiger partial charge in [0.15, 0.2) is 0 Å². The molecule has 1 aromatic rings. The number of aryl methyl sites for hydroxylation is 1. The highest BCUT2D eigenvalue weighted by Crippen LogP contribution is 2.21. The Morgan fingerprint density at radius 3 is 2.50 bits per heavy atom. The first-order valence-corrected chi connectivity index (χ1v) is 7.32. The number of hydrogen-bond acceptors (Lipinski definition) is 3. The number of benzene rings is 1. The molecule has 1 saturated heterocycles. The van der Waals surface area contributed by atoms with Gasteiger partial charge < -0.3 is 15.4 Å². The van der Waals surface area contributed by atoms with Crippen molar-refractivity contribution in [2.45, 2.75) is 44.9 Å². The number of ether oxygens (including phenoxy) is 1. The van der Waals surface area contributed by atoms with E-state index in [1.807, 2.05) is 7.05 Å². The minimum absolute atomic E-state index is 0.0428. The lowest BCUT2D eigenvalue weighted by Crippen LogP contribution is -2.36. The molecule has 110 valence electrons. The largest absolute Gasteiger partial charge is 0.364 e. The Morgan fingerprint density at radius 1 is 1.30 bits per heavy atom. The van der Waals surface area contributed by atoms with E-state index >= 15 is 0 Å². The summed E-state index contributed by atoms with van der Waals surface area (Å²) in [4.78, 5) is 14.0. The zero-order chi connectivity index (χ0) is 14.5. The summed E-state index contributed by atoms with van der Waals surface area (Å²) < 4.78 is 5.65. The number of rotatable bonds is 5. The van der Waals surface area contributed by atoms with Crippen molar-refractivity contribution in [1.29, 1.82) is 0 Å². The van der Waals surface area contributed by atoms with Crippen molar-refractivity contribution < 1.29 is 9.53 Å². The monoisotopic (exact) mass is 276 g/mol. The Kier molecular flexibility index (Phi) is 5.15. The first kappa shape index (κ1) is 15.0. The summed E-state index contributed by atoms with van der Waals surface area (Å²) in [6.45, 7) is 3.25. The molecule has 0 aromatic heterocycles. The number of amides is 1. The second-order valence-electron chi connectivity index (χ2n) is 5.42. The molecule has 0 aliphatic carbocycles. The van der Waals surface area contributed by atoms with Crippen molar-refractivity contribution in [2.24, 2.45) is 5.73 Å². The van der Waals surface area contributed by atoms with Gasteiger partial charge in [0.1, 0.15) is 6.10 Å². The van der Waals surface area contributed by atoms with E-state index in [0.29, 0.717) is 13.1 Å². The van der Waals surface area contributed by atoms with E-state index in [-0.39, 0.29) is 18.1 Å². The fraction of sp³-hybridized carbons (Fsp3) is 0.562. The van der Waals surface area contributed by atoms with Crippen molar-refractivity contribution in [3.05, 3.63) is 35.4 Å². The molecular weight excluding hydrogens is 252 g/mol. The maximum atomic E-state index is 12.3. The topological polar surface area (TPSA) is 55.6 Å². The quantitative estimate of drug-likeness (QED) is 0.891. The number of nitrogens with zero attached hydrogens (tertiary/aromatic N) is 1. The van der Waals surface area contributed by atoms with Crippen molar-refractivity contribution in [1.82, 2.24) is 4.90 Å². The van der Waals surface area contributed by atoms with Crippen LogP contribution >= 0.6 is 0 Å². The zero-order valence-corrected chi connectivity index (χ0v) is 12.3. The number of likely N-dealkylation sites (N-methyl/N-ethyl adjacent to an activating group) is 1. The summed E-state index contributed by atoms with van der Waals surface area (Å²) in [5.74, 6) is 0.0560. The molecule has 4 nitrogen and oxygen atoms in total. The van der Waals surface area contributed by atoms with Gasteiger partial charge in [-0.1, -0.05) is 31.2 Å². The Morgan fingerprint density at radius 2 is 1.95 bits per heavy atom. The van der Waals surface area contributed by atoms with Crippen molar-refractivity contribution in [3.63, 3.8) is 0 Å². The summed E-state index contributed by atoms with van der Waals surface area (Å²) in [6.07, 6.45) is 2.42. The van der Waals surface area contributed by atoms with Gasteiger partial charge in [-0.2, -0.15) is 0 Å². The maximum absolute atomic E-state index is 12.3. The predicted molar refractivity (Wildman–Crippen MR) is 79.2 cm³/mol. The highest BCUT2D eigenvalue weighted by molar-refractivity contribution is 5.81. The number of carbonyl (C=O) groups is 1. The third-order valence-corrected chi connectivity index (χ3v) is 3.87. The summed E-state index contributed by atoms with van der Waals surface area (Å²) in [7, 11) is 1.83. The van der Waals surface area contributed by atoms with Crippen LogP contribution in [0.15, 0.2) is 24.3 Å². The second-order valence-corrected chi connectivity index (χ2v) is 5.42. The molecule has 4 heteroatoms.